The zero-order valence-electron chi connectivity index (χ0n) is 11.8. The fourth-order valence-corrected chi connectivity index (χ4v) is 4.18. The second-order valence-corrected chi connectivity index (χ2v) is 6.19. The van der Waals surface area contributed by atoms with E-state index in [2.05, 4.69) is 22.0 Å². The molecule has 3 nitrogen and oxygen atoms in total. The van der Waals surface area contributed by atoms with Crippen LogP contribution in [0, 0.1) is 5.92 Å². The number of nitrogens with zero attached hydrogens (tertiary/aromatic N) is 2. The number of anilines is 2. The molecule has 1 aliphatic carbocycles. The van der Waals surface area contributed by atoms with Crippen molar-refractivity contribution in [1.82, 2.24) is 4.98 Å². The quantitative estimate of drug-likeness (QED) is 0.803. The molecule has 2 unspecified atom stereocenters. The first-order chi connectivity index (χ1) is 9.84. The number of fused-ring (bicyclic) bond motifs is 2. The highest BCUT2D eigenvalue weighted by molar-refractivity contribution is 5.98. The van der Waals surface area contributed by atoms with Crippen molar-refractivity contribution in [1.29, 1.82) is 0 Å². The van der Waals surface area contributed by atoms with Gasteiger partial charge in [0, 0.05) is 35.8 Å². The van der Waals surface area contributed by atoms with Crippen LogP contribution in [-0.2, 0) is 0 Å². The molecule has 1 saturated carbocycles. The summed E-state index contributed by atoms with van der Waals surface area (Å²) in [6.45, 7) is 1.15. The van der Waals surface area contributed by atoms with E-state index in [1.54, 1.807) is 0 Å². The van der Waals surface area contributed by atoms with E-state index < -0.39 is 0 Å². The van der Waals surface area contributed by atoms with Gasteiger partial charge < -0.3 is 10.6 Å². The molecule has 4 rings (SSSR count). The van der Waals surface area contributed by atoms with Crippen molar-refractivity contribution in [3.63, 3.8) is 0 Å². The van der Waals surface area contributed by atoms with Gasteiger partial charge in [0.2, 0.25) is 0 Å². The fourth-order valence-electron chi connectivity index (χ4n) is 4.18. The molecule has 0 bridgehead atoms. The predicted octanol–water partition coefficient (Wildman–Crippen LogP) is 3.59. The summed E-state index contributed by atoms with van der Waals surface area (Å²) in [4.78, 5) is 6.76. The number of pyridine rings is 1. The van der Waals surface area contributed by atoms with E-state index in [1.165, 1.54) is 37.8 Å². The maximum absolute atomic E-state index is 6.46. The van der Waals surface area contributed by atoms with Crippen LogP contribution in [0.25, 0.3) is 10.8 Å². The molecule has 2 aliphatic rings. The molecule has 1 aliphatic heterocycles. The van der Waals surface area contributed by atoms with E-state index >= 15 is 0 Å². The van der Waals surface area contributed by atoms with Crippen molar-refractivity contribution in [3.8, 4) is 0 Å². The molecule has 0 radical (unpaired) electrons. The number of rotatable bonds is 1. The van der Waals surface area contributed by atoms with Crippen molar-refractivity contribution in [2.45, 2.75) is 38.1 Å². The van der Waals surface area contributed by atoms with Crippen LogP contribution in [0.3, 0.4) is 0 Å². The Kier molecular flexibility index (Phi) is 2.79. The maximum atomic E-state index is 6.46. The van der Waals surface area contributed by atoms with Crippen molar-refractivity contribution in [2.24, 2.45) is 5.92 Å². The van der Waals surface area contributed by atoms with Crippen LogP contribution in [0.5, 0.6) is 0 Å². The van der Waals surface area contributed by atoms with E-state index in [-0.39, 0.29) is 0 Å². The largest absolute Gasteiger partial charge is 0.397 e. The number of nitrogens with two attached hydrogens (primary N) is 1. The molecule has 0 spiro atoms. The molecule has 2 aromatic rings. The lowest BCUT2D eigenvalue weighted by Gasteiger charge is -2.40. The van der Waals surface area contributed by atoms with E-state index in [9.17, 15) is 0 Å². The van der Waals surface area contributed by atoms with Crippen molar-refractivity contribution < 1.29 is 0 Å². The van der Waals surface area contributed by atoms with Crippen molar-refractivity contribution in [2.75, 3.05) is 17.2 Å². The molecule has 3 heteroatoms. The molecule has 1 saturated heterocycles. The minimum absolute atomic E-state index is 0.713. The van der Waals surface area contributed by atoms with Gasteiger partial charge >= 0.3 is 0 Å². The lowest BCUT2D eigenvalue weighted by atomic mass is 9.91. The van der Waals surface area contributed by atoms with E-state index in [1.807, 2.05) is 18.5 Å². The summed E-state index contributed by atoms with van der Waals surface area (Å²) in [6.07, 6.45) is 10.5. The molecular weight excluding hydrogens is 246 g/mol. The van der Waals surface area contributed by atoms with E-state index in [4.69, 9.17) is 5.73 Å². The Bertz CT molecular complexity index is 637. The number of hydrogen-bond donors (Lipinski definition) is 1. The Balaban J connectivity index is 1.79. The average Bonchev–Trinajstić information content (AvgIpc) is 2.97. The average molecular weight is 267 g/mol. The van der Waals surface area contributed by atoms with Crippen LogP contribution in [0.1, 0.15) is 32.1 Å². The highest BCUT2D eigenvalue weighted by Gasteiger charge is 2.35. The lowest BCUT2D eigenvalue weighted by molar-refractivity contribution is 0.363. The van der Waals surface area contributed by atoms with Crippen LogP contribution in [0.2, 0.25) is 0 Å². The molecule has 1 aromatic carbocycles. The number of hydrogen-bond acceptors (Lipinski definition) is 3. The molecule has 2 heterocycles. The molecule has 2 N–H and O–H groups in total. The minimum atomic E-state index is 0.713. The topological polar surface area (TPSA) is 42.1 Å². The van der Waals surface area contributed by atoms with Gasteiger partial charge in [0.25, 0.3) is 0 Å². The molecule has 2 atom stereocenters. The zero-order chi connectivity index (χ0) is 13.5. The fraction of sp³-hybridized carbons (Fsp3) is 0.471. The van der Waals surface area contributed by atoms with E-state index in [0.717, 1.165) is 28.9 Å². The molecule has 104 valence electrons. The third kappa shape index (κ3) is 1.76. The van der Waals surface area contributed by atoms with Gasteiger partial charge in [-0.05, 0) is 43.7 Å². The Hall–Kier alpha value is -1.77. The number of piperidine rings is 1. The third-order valence-electron chi connectivity index (χ3n) is 5.14. The van der Waals surface area contributed by atoms with Gasteiger partial charge in [-0.1, -0.05) is 12.5 Å². The number of benzene rings is 1. The van der Waals surface area contributed by atoms with Gasteiger partial charge in [-0.15, -0.1) is 0 Å². The normalized spacial score (nSPS) is 25.9. The van der Waals surface area contributed by atoms with Gasteiger partial charge in [-0.25, -0.2) is 0 Å². The van der Waals surface area contributed by atoms with Gasteiger partial charge in [-0.3, -0.25) is 4.98 Å². The molecule has 1 aromatic heterocycles. The predicted molar refractivity (Wildman–Crippen MR) is 83.9 cm³/mol. The SMILES string of the molecule is Nc1c(N2CCCC3CCCC32)ccc2cnccc12. The summed E-state index contributed by atoms with van der Waals surface area (Å²) in [6, 6.07) is 7.10. The van der Waals surface area contributed by atoms with Crippen LogP contribution >= 0.6 is 0 Å². The van der Waals surface area contributed by atoms with E-state index in [0.29, 0.717) is 6.04 Å². The third-order valence-corrected chi connectivity index (χ3v) is 5.14. The summed E-state index contributed by atoms with van der Waals surface area (Å²) in [5, 5.41) is 2.27. The first kappa shape index (κ1) is 12.0. The van der Waals surface area contributed by atoms with Crippen LogP contribution < -0.4 is 10.6 Å². The van der Waals surface area contributed by atoms with Gasteiger partial charge in [0.1, 0.15) is 0 Å². The maximum Gasteiger partial charge on any atom is 0.0632 e. The molecule has 20 heavy (non-hydrogen) atoms. The Morgan fingerprint density at radius 2 is 2.00 bits per heavy atom. The monoisotopic (exact) mass is 267 g/mol. The van der Waals surface area contributed by atoms with Crippen LogP contribution in [0.15, 0.2) is 30.6 Å². The first-order valence-electron chi connectivity index (χ1n) is 7.73. The van der Waals surface area contributed by atoms with Crippen molar-refractivity contribution in [3.05, 3.63) is 30.6 Å². The smallest absolute Gasteiger partial charge is 0.0632 e. The standard InChI is InChI=1S/C17H21N3/c18-17-14-8-9-19-11-13(14)6-7-16(17)20-10-2-4-12-3-1-5-15(12)20/h6-9,11-12,15H,1-5,10,18H2. The lowest BCUT2D eigenvalue weighted by Crippen LogP contribution is -2.42. The number of aromatic nitrogens is 1. The molecular formula is C17H21N3. The summed E-state index contributed by atoms with van der Waals surface area (Å²) >= 11 is 0. The highest BCUT2D eigenvalue weighted by Crippen LogP contribution is 2.42. The minimum Gasteiger partial charge on any atom is -0.397 e. The Morgan fingerprint density at radius 3 is 2.95 bits per heavy atom. The van der Waals surface area contributed by atoms with Crippen LogP contribution in [0.4, 0.5) is 11.4 Å². The Morgan fingerprint density at radius 1 is 1.10 bits per heavy atom. The van der Waals surface area contributed by atoms with Gasteiger partial charge in [-0.2, -0.15) is 0 Å². The van der Waals surface area contributed by atoms with Gasteiger partial charge in [0.05, 0.1) is 11.4 Å². The summed E-state index contributed by atoms with van der Waals surface area (Å²) in [5.74, 6) is 0.885. The second-order valence-electron chi connectivity index (χ2n) is 6.19. The first-order valence-corrected chi connectivity index (χ1v) is 7.73. The molecule has 0 amide bonds. The van der Waals surface area contributed by atoms with Crippen molar-refractivity contribution >= 4 is 22.1 Å². The molecule has 2 fully saturated rings. The van der Waals surface area contributed by atoms with Crippen LogP contribution in [-0.4, -0.2) is 17.6 Å². The number of nitrogen functional groups attached to an aromatic ring is 1. The summed E-state index contributed by atoms with van der Waals surface area (Å²) in [5.41, 5.74) is 8.63. The highest BCUT2D eigenvalue weighted by atomic mass is 15.2. The summed E-state index contributed by atoms with van der Waals surface area (Å²) in [7, 11) is 0. The van der Waals surface area contributed by atoms with Gasteiger partial charge in [0.15, 0.2) is 0 Å². The zero-order valence-corrected chi connectivity index (χ0v) is 11.8. The second kappa shape index (κ2) is 4.65. The Labute approximate surface area is 119 Å². The summed E-state index contributed by atoms with van der Waals surface area (Å²) < 4.78 is 0.